The summed E-state index contributed by atoms with van der Waals surface area (Å²) in [5.41, 5.74) is -1.39. The molecular formula is C21H20F3N3O2S. The summed E-state index contributed by atoms with van der Waals surface area (Å²) in [5, 5.41) is 8.80. The quantitative estimate of drug-likeness (QED) is 0.629. The highest BCUT2D eigenvalue weighted by Gasteiger charge is 2.31. The Balaban J connectivity index is 1.99. The second kappa shape index (κ2) is 8.43. The Hall–Kier alpha value is -2.94. The first kappa shape index (κ1) is 21.8. The van der Waals surface area contributed by atoms with Crippen LogP contribution in [-0.2, 0) is 6.18 Å². The summed E-state index contributed by atoms with van der Waals surface area (Å²) >= 11 is 1.48. The van der Waals surface area contributed by atoms with Crippen LogP contribution in [0.4, 0.5) is 13.2 Å². The number of aryl methyl sites for hydroxylation is 1. The molecule has 0 aliphatic heterocycles. The summed E-state index contributed by atoms with van der Waals surface area (Å²) in [6.45, 7) is 5.42. The van der Waals surface area contributed by atoms with Gasteiger partial charge in [-0.15, -0.1) is 11.3 Å². The van der Waals surface area contributed by atoms with Gasteiger partial charge in [-0.2, -0.15) is 18.3 Å². The minimum Gasteiger partial charge on any atom is -0.343 e. The number of alkyl halides is 3. The van der Waals surface area contributed by atoms with Crippen molar-refractivity contribution in [2.45, 2.75) is 33.0 Å². The van der Waals surface area contributed by atoms with E-state index in [1.165, 1.54) is 34.2 Å². The molecule has 1 amide bonds. The summed E-state index contributed by atoms with van der Waals surface area (Å²) in [5.74, 6) is -0.614. The third-order valence-electron chi connectivity index (χ3n) is 4.54. The zero-order valence-electron chi connectivity index (χ0n) is 16.5. The molecule has 9 heteroatoms. The van der Waals surface area contributed by atoms with Gasteiger partial charge in [0.1, 0.15) is 0 Å². The van der Waals surface area contributed by atoms with E-state index in [4.69, 9.17) is 0 Å². The molecule has 3 rings (SSSR count). The monoisotopic (exact) mass is 435 g/mol. The van der Waals surface area contributed by atoms with Crippen molar-refractivity contribution in [3.05, 3.63) is 79.9 Å². The van der Waals surface area contributed by atoms with Crippen molar-refractivity contribution in [3.8, 4) is 5.69 Å². The van der Waals surface area contributed by atoms with E-state index >= 15 is 0 Å². The molecule has 1 aromatic carbocycles. The Morgan fingerprint density at radius 2 is 1.90 bits per heavy atom. The van der Waals surface area contributed by atoms with Crippen molar-refractivity contribution in [2.75, 3.05) is 0 Å². The van der Waals surface area contributed by atoms with E-state index in [0.29, 0.717) is 5.69 Å². The highest BCUT2D eigenvalue weighted by Crippen LogP contribution is 2.30. The van der Waals surface area contributed by atoms with Gasteiger partial charge in [-0.05, 0) is 42.5 Å². The molecule has 0 aliphatic rings. The lowest BCUT2D eigenvalue weighted by Gasteiger charge is -2.21. The fraction of sp³-hybridized carbons (Fsp3) is 0.286. The van der Waals surface area contributed by atoms with Crippen molar-refractivity contribution in [1.29, 1.82) is 0 Å². The number of hydrogen-bond donors (Lipinski definition) is 1. The maximum atomic E-state index is 13.1. The largest absolute Gasteiger partial charge is 0.416 e. The topological polar surface area (TPSA) is 64.0 Å². The molecule has 158 valence electrons. The average Bonchev–Trinajstić information content (AvgIpc) is 3.19. The maximum absolute atomic E-state index is 13.1. The van der Waals surface area contributed by atoms with Gasteiger partial charge in [-0.3, -0.25) is 9.59 Å². The standard InChI is InChI=1S/C21H20F3N3O2S/c1-12(2)18(17-8-5-9-30-17)25-20(29)19-16(28)10-13(3)27(26-19)15-7-4-6-14(11-15)21(22,23)24/h4-12,18H,1-3H3,(H,25,29). The number of carbonyl (C=O) groups excluding carboxylic acids is 1. The molecule has 1 atom stereocenters. The van der Waals surface area contributed by atoms with Crippen LogP contribution in [0.1, 0.15) is 46.5 Å². The number of rotatable bonds is 5. The lowest BCUT2D eigenvalue weighted by molar-refractivity contribution is -0.137. The van der Waals surface area contributed by atoms with Crippen LogP contribution >= 0.6 is 11.3 Å². The van der Waals surface area contributed by atoms with E-state index in [1.54, 1.807) is 6.92 Å². The molecule has 5 nitrogen and oxygen atoms in total. The van der Waals surface area contributed by atoms with Crippen molar-refractivity contribution in [3.63, 3.8) is 0 Å². The van der Waals surface area contributed by atoms with Gasteiger partial charge in [0.05, 0.1) is 17.3 Å². The number of nitrogens with zero attached hydrogens (tertiary/aromatic N) is 2. The molecule has 0 fully saturated rings. The SMILES string of the molecule is Cc1cc(=O)c(C(=O)NC(c2cccs2)C(C)C)nn1-c1cccc(C(F)(F)F)c1. The Morgan fingerprint density at radius 3 is 2.50 bits per heavy atom. The van der Waals surface area contributed by atoms with Crippen LogP contribution in [0.5, 0.6) is 0 Å². The molecule has 0 saturated heterocycles. The Bertz CT molecular complexity index is 1110. The minimum absolute atomic E-state index is 0.0590. The molecule has 2 aromatic heterocycles. The first-order valence-corrected chi connectivity index (χ1v) is 10.1. The van der Waals surface area contributed by atoms with Gasteiger partial charge in [-0.1, -0.05) is 26.0 Å². The third kappa shape index (κ3) is 4.62. The second-order valence-corrected chi connectivity index (χ2v) is 8.15. The van der Waals surface area contributed by atoms with E-state index in [2.05, 4.69) is 10.4 Å². The normalized spacial score (nSPS) is 12.8. The summed E-state index contributed by atoms with van der Waals surface area (Å²) in [4.78, 5) is 26.2. The van der Waals surface area contributed by atoms with Crippen LogP contribution < -0.4 is 10.7 Å². The van der Waals surface area contributed by atoms with E-state index in [1.807, 2.05) is 31.4 Å². The number of aromatic nitrogens is 2. The summed E-state index contributed by atoms with van der Waals surface area (Å²) in [6.07, 6.45) is -4.52. The number of nitrogens with one attached hydrogen (secondary N) is 1. The summed E-state index contributed by atoms with van der Waals surface area (Å²) < 4.78 is 40.4. The van der Waals surface area contributed by atoms with Crippen molar-refractivity contribution < 1.29 is 18.0 Å². The van der Waals surface area contributed by atoms with Crippen LogP contribution in [0, 0.1) is 12.8 Å². The smallest absolute Gasteiger partial charge is 0.343 e. The summed E-state index contributed by atoms with van der Waals surface area (Å²) in [7, 11) is 0. The number of benzene rings is 1. The molecule has 0 aliphatic carbocycles. The average molecular weight is 435 g/mol. The highest BCUT2D eigenvalue weighted by atomic mass is 32.1. The second-order valence-electron chi connectivity index (χ2n) is 7.17. The molecular weight excluding hydrogens is 415 g/mol. The van der Waals surface area contributed by atoms with Crippen LogP contribution in [0.3, 0.4) is 0 Å². The minimum atomic E-state index is -4.52. The van der Waals surface area contributed by atoms with E-state index in [0.717, 1.165) is 17.0 Å². The predicted octanol–water partition coefficient (Wildman–Crippen LogP) is 4.75. The van der Waals surface area contributed by atoms with Crippen LogP contribution in [0.15, 0.2) is 52.6 Å². The molecule has 0 bridgehead atoms. The van der Waals surface area contributed by atoms with Gasteiger partial charge in [0.15, 0.2) is 5.69 Å². The van der Waals surface area contributed by atoms with Gasteiger partial charge >= 0.3 is 6.18 Å². The number of carbonyl (C=O) groups is 1. The summed E-state index contributed by atoms with van der Waals surface area (Å²) in [6, 6.07) is 9.19. The molecule has 0 saturated carbocycles. The van der Waals surface area contributed by atoms with Crippen molar-refractivity contribution in [2.24, 2.45) is 5.92 Å². The molecule has 1 N–H and O–H groups in total. The number of thiophene rings is 1. The number of amides is 1. The Morgan fingerprint density at radius 1 is 1.17 bits per heavy atom. The molecule has 3 aromatic rings. The van der Waals surface area contributed by atoms with Crippen molar-refractivity contribution >= 4 is 17.2 Å². The molecule has 1 unspecified atom stereocenters. The molecule has 30 heavy (non-hydrogen) atoms. The predicted molar refractivity (Wildman–Crippen MR) is 109 cm³/mol. The maximum Gasteiger partial charge on any atom is 0.416 e. The van der Waals surface area contributed by atoms with Crippen molar-refractivity contribution in [1.82, 2.24) is 15.1 Å². The van der Waals surface area contributed by atoms with Crippen LogP contribution in [0.25, 0.3) is 5.69 Å². The third-order valence-corrected chi connectivity index (χ3v) is 5.50. The zero-order chi connectivity index (χ0) is 22.1. The number of hydrogen-bond acceptors (Lipinski definition) is 4. The van der Waals surface area contributed by atoms with Gasteiger partial charge in [0, 0.05) is 16.6 Å². The lowest BCUT2D eigenvalue weighted by Crippen LogP contribution is -2.36. The van der Waals surface area contributed by atoms with Crippen LogP contribution in [-0.4, -0.2) is 15.7 Å². The van der Waals surface area contributed by atoms with E-state index < -0.39 is 23.1 Å². The Labute approximate surface area is 175 Å². The fourth-order valence-electron chi connectivity index (χ4n) is 3.02. The number of halogens is 3. The van der Waals surface area contributed by atoms with E-state index in [9.17, 15) is 22.8 Å². The van der Waals surface area contributed by atoms with Gasteiger partial charge in [0.2, 0.25) is 5.43 Å². The zero-order valence-corrected chi connectivity index (χ0v) is 17.3. The van der Waals surface area contributed by atoms with Gasteiger partial charge < -0.3 is 5.32 Å². The first-order chi connectivity index (χ1) is 14.1. The lowest BCUT2D eigenvalue weighted by atomic mass is 10.0. The van der Waals surface area contributed by atoms with Gasteiger partial charge in [0.25, 0.3) is 5.91 Å². The molecule has 0 spiro atoms. The van der Waals surface area contributed by atoms with Crippen LogP contribution in [0.2, 0.25) is 0 Å². The fourth-order valence-corrected chi connectivity index (χ4v) is 3.97. The Kier molecular flexibility index (Phi) is 6.12. The highest BCUT2D eigenvalue weighted by molar-refractivity contribution is 7.10. The molecule has 0 radical (unpaired) electrons. The van der Waals surface area contributed by atoms with Gasteiger partial charge in [-0.25, -0.2) is 4.68 Å². The first-order valence-electron chi connectivity index (χ1n) is 9.21. The molecule has 2 heterocycles. The van der Waals surface area contributed by atoms with E-state index in [-0.39, 0.29) is 23.3 Å².